The number of rotatable bonds is 3. The van der Waals surface area contributed by atoms with E-state index in [0.717, 1.165) is 0 Å². The molecule has 0 spiro atoms. The fourth-order valence-corrected chi connectivity index (χ4v) is 5.30. The van der Waals surface area contributed by atoms with Gasteiger partial charge in [-0.05, 0) is 51.7 Å². The number of hydrogen-bond donors (Lipinski definition) is 0. The van der Waals surface area contributed by atoms with Gasteiger partial charge in [0, 0.05) is 13.1 Å². The third kappa shape index (κ3) is 4.91. The molecule has 28 heavy (non-hydrogen) atoms. The van der Waals surface area contributed by atoms with Gasteiger partial charge in [-0.1, -0.05) is 23.7 Å². The van der Waals surface area contributed by atoms with E-state index in [-0.39, 0.29) is 27.9 Å². The summed E-state index contributed by atoms with van der Waals surface area (Å²) >= 11 is 6.11. The highest BCUT2D eigenvalue weighted by atomic mass is 35.5. The summed E-state index contributed by atoms with van der Waals surface area (Å²) in [7, 11) is -3.69. The predicted molar refractivity (Wildman–Crippen MR) is 107 cm³/mol. The molecule has 7 nitrogen and oxygen atoms in total. The van der Waals surface area contributed by atoms with Gasteiger partial charge in [0.05, 0.1) is 16.8 Å². The maximum Gasteiger partial charge on any atom is 0.410 e. The summed E-state index contributed by atoms with van der Waals surface area (Å²) in [6.45, 7) is 6.38. The minimum atomic E-state index is -3.69. The molecule has 2 heterocycles. The van der Waals surface area contributed by atoms with Crippen LogP contribution in [0, 0.1) is 5.92 Å². The molecule has 0 bridgehead atoms. The first-order valence-electron chi connectivity index (χ1n) is 9.18. The predicted octanol–water partition coefficient (Wildman–Crippen LogP) is 3.70. The van der Waals surface area contributed by atoms with Crippen LogP contribution in [0.5, 0.6) is 0 Å². The van der Waals surface area contributed by atoms with Crippen molar-refractivity contribution in [1.29, 1.82) is 0 Å². The summed E-state index contributed by atoms with van der Waals surface area (Å²) in [5.74, 6) is -0.143. The lowest BCUT2D eigenvalue weighted by Crippen LogP contribution is -2.42. The van der Waals surface area contributed by atoms with E-state index in [1.807, 2.05) is 20.8 Å². The molecule has 1 aromatic heterocycles. The average molecular weight is 426 g/mol. The Kier molecular flexibility index (Phi) is 5.82. The number of para-hydroxylation sites is 2. The van der Waals surface area contributed by atoms with E-state index in [4.69, 9.17) is 16.3 Å². The molecule has 1 aliphatic rings. The molecule has 1 aromatic carbocycles. The summed E-state index contributed by atoms with van der Waals surface area (Å²) in [6.07, 6.45) is 0.797. The number of amides is 1. The van der Waals surface area contributed by atoms with Gasteiger partial charge in [0.2, 0.25) is 0 Å². The standard InChI is InChI=1S/C19H24ClN3O4S/c1-19(2,3)27-18(24)23-10-8-13(9-11-23)12-28(25,26)17-16(20)21-14-6-4-5-7-15(14)22-17/h4-7,13H,8-12H2,1-3H3. The largest absolute Gasteiger partial charge is 0.444 e. The van der Waals surface area contributed by atoms with Crippen LogP contribution < -0.4 is 0 Å². The monoisotopic (exact) mass is 425 g/mol. The Morgan fingerprint density at radius 3 is 2.32 bits per heavy atom. The van der Waals surface area contributed by atoms with Crippen LogP contribution in [0.25, 0.3) is 11.0 Å². The van der Waals surface area contributed by atoms with Crippen LogP contribution in [0.15, 0.2) is 29.3 Å². The van der Waals surface area contributed by atoms with E-state index in [2.05, 4.69) is 9.97 Å². The Morgan fingerprint density at radius 1 is 1.18 bits per heavy atom. The normalized spacial score (nSPS) is 16.4. The van der Waals surface area contributed by atoms with Gasteiger partial charge >= 0.3 is 6.09 Å². The van der Waals surface area contributed by atoms with Gasteiger partial charge in [0.1, 0.15) is 5.60 Å². The number of nitrogens with zero attached hydrogens (tertiary/aromatic N) is 3. The molecular weight excluding hydrogens is 402 g/mol. The molecule has 0 saturated carbocycles. The van der Waals surface area contributed by atoms with E-state index < -0.39 is 15.4 Å². The fourth-order valence-electron chi connectivity index (χ4n) is 3.16. The third-order valence-electron chi connectivity index (χ3n) is 4.51. The average Bonchev–Trinajstić information content (AvgIpc) is 2.59. The van der Waals surface area contributed by atoms with Crippen LogP contribution in [-0.4, -0.2) is 53.8 Å². The highest BCUT2D eigenvalue weighted by Crippen LogP contribution is 2.27. The van der Waals surface area contributed by atoms with Crippen LogP contribution in [0.4, 0.5) is 4.79 Å². The minimum Gasteiger partial charge on any atom is -0.444 e. The van der Waals surface area contributed by atoms with Crippen molar-refractivity contribution >= 4 is 38.6 Å². The van der Waals surface area contributed by atoms with E-state index in [0.29, 0.717) is 37.0 Å². The number of ether oxygens (including phenoxy) is 1. The number of carbonyl (C=O) groups is 1. The molecular formula is C19H24ClN3O4S. The van der Waals surface area contributed by atoms with Crippen LogP contribution in [0.1, 0.15) is 33.6 Å². The first-order valence-corrected chi connectivity index (χ1v) is 11.2. The first-order chi connectivity index (χ1) is 13.0. The smallest absolute Gasteiger partial charge is 0.410 e. The van der Waals surface area contributed by atoms with Crippen LogP contribution in [0.3, 0.4) is 0 Å². The third-order valence-corrected chi connectivity index (χ3v) is 6.67. The number of sulfone groups is 1. The maximum atomic E-state index is 12.9. The number of piperidine rings is 1. The van der Waals surface area contributed by atoms with Gasteiger partial charge in [-0.25, -0.2) is 23.2 Å². The quantitative estimate of drug-likeness (QED) is 0.744. The highest BCUT2D eigenvalue weighted by molar-refractivity contribution is 7.91. The molecule has 0 aliphatic carbocycles. The summed E-state index contributed by atoms with van der Waals surface area (Å²) < 4.78 is 31.1. The molecule has 1 saturated heterocycles. The van der Waals surface area contributed by atoms with Crippen molar-refractivity contribution in [1.82, 2.24) is 14.9 Å². The topological polar surface area (TPSA) is 89.5 Å². The molecule has 2 aromatic rings. The molecule has 9 heteroatoms. The zero-order valence-electron chi connectivity index (χ0n) is 16.2. The molecule has 1 amide bonds. The molecule has 1 aliphatic heterocycles. The number of likely N-dealkylation sites (tertiary alicyclic amines) is 1. The summed E-state index contributed by atoms with van der Waals surface area (Å²) in [5, 5.41) is -0.285. The number of hydrogen-bond acceptors (Lipinski definition) is 6. The second-order valence-electron chi connectivity index (χ2n) is 8.00. The van der Waals surface area contributed by atoms with Crippen molar-refractivity contribution in [2.75, 3.05) is 18.8 Å². The maximum absolute atomic E-state index is 12.9. The first kappa shape index (κ1) is 20.8. The van der Waals surface area contributed by atoms with Gasteiger partial charge < -0.3 is 9.64 Å². The second kappa shape index (κ2) is 7.83. The molecule has 1 fully saturated rings. The van der Waals surface area contributed by atoms with Crippen molar-refractivity contribution in [2.24, 2.45) is 5.92 Å². The molecule has 0 N–H and O–H groups in total. The van der Waals surface area contributed by atoms with Gasteiger partial charge in [-0.15, -0.1) is 0 Å². The van der Waals surface area contributed by atoms with Crippen LogP contribution in [-0.2, 0) is 14.6 Å². The molecule has 0 atom stereocenters. The summed E-state index contributed by atoms with van der Waals surface area (Å²) in [6, 6.07) is 7.00. The molecule has 0 unspecified atom stereocenters. The lowest BCUT2D eigenvalue weighted by molar-refractivity contribution is 0.0191. The number of benzene rings is 1. The Labute approximate surface area is 170 Å². The second-order valence-corrected chi connectivity index (χ2v) is 10.3. The zero-order chi connectivity index (χ0) is 20.5. The Hall–Kier alpha value is -1.93. The van der Waals surface area contributed by atoms with Crippen molar-refractivity contribution < 1.29 is 17.9 Å². The van der Waals surface area contributed by atoms with Gasteiger partial charge in [-0.2, -0.15) is 0 Å². The SMILES string of the molecule is CC(C)(C)OC(=O)N1CCC(CS(=O)(=O)c2nc3ccccc3nc2Cl)CC1. The number of aromatic nitrogens is 2. The number of carbonyl (C=O) groups excluding carboxylic acids is 1. The van der Waals surface area contributed by atoms with Gasteiger partial charge in [0.25, 0.3) is 0 Å². The fraction of sp³-hybridized carbons (Fsp3) is 0.526. The van der Waals surface area contributed by atoms with E-state index in [9.17, 15) is 13.2 Å². The molecule has 3 rings (SSSR count). The Morgan fingerprint density at radius 2 is 1.75 bits per heavy atom. The van der Waals surface area contributed by atoms with Crippen LogP contribution >= 0.6 is 11.6 Å². The van der Waals surface area contributed by atoms with E-state index >= 15 is 0 Å². The van der Waals surface area contributed by atoms with Gasteiger partial charge in [0.15, 0.2) is 20.0 Å². The summed E-state index contributed by atoms with van der Waals surface area (Å²) in [5.41, 5.74) is 0.491. The zero-order valence-corrected chi connectivity index (χ0v) is 17.8. The van der Waals surface area contributed by atoms with E-state index in [1.165, 1.54) is 0 Å². The van der Waals surface area contributed by atoms with E-state index in [1.54, 1.807) is 29.2 Å². The number of fused-ring (bicyclic) bond motifs is 1. The van der Waals surface area contributed by atoms with Crippen molar-refractivity contribution in [3.63, 3.8) is 0 Å². The summed E-state index contributed by atoms with van der Waals surface area (Å²) in [4.78, 5) is 22.2. The highest BCUT2D eigenvalue weighted by Gasteiger charge is 2.31. The molecule has 0 radical (unpaired) electrons. The Bertz CT molecular complexity index is 980. The van der Waals surface area contributed by atoms with Crippen molar-refractivity contribution in [2.45, 2.75) is 44.2 Å². The van der Waals surface area contributed by atoms with Crippen molar-refractivity contribution in [3.8, 4) is 0 Å². The lowest BCUT2D eigenvalue weighted by atomic mass is 9.99. The van der Waals surface area contributed by atoms with Crippen molar-refractivity contribution in [3.05, 3.63) is 29.4 Å². The van der Waals surface area contributed by atoms with Gasteiger partial charge in [-0.3, -0.25) is 0 Å². The molecule has 152 valence electrons. The Balaban J connectivity index is 1.68. The minimum absolute atomic E-state index is 0.0676. The lowest BCUT2D eigenvalue weighted by Gasteiger charge is -2.33. The van der Waals surface area contributed by atoms with Crippen LogP contribution in [0.2, 0.25) is 5.15 Å². The number of halogens is 1.